The number of aryl methyl sites for hydroxylation is 1. The number of carboxylic acids is 1. The molecule has 0 saturated heterocycles. The summed E-state index contributed by atoms with van der Waals surface area (Å²) in [6.45, 7) is 3.51. The molecule has 0 amide bonds. The highest BCUT2D eigenvalue weighted by molar-refractivity contribution is 5.87. The molecule has 0 unspecified atom stereocenters. The maximum absolute atomic E-state index is 10.7. The van der Waals surface area contributed by atoms with E-state index >= 15 is 0 Å². The first kappa shape index (κ1) is 13.2. The van der Waals surface area contributed by atoms with Crippen LogP contribution in [-0.2, 0) is 13.1 Å². The number of rotatable bonds is 5. The zero-order valence-corrected chi connectivity index (χ0v) is 10.8. The van der Waals surface area contributed by atoms with E-state index in [9.17, 15) is 4.79 Å². The molecule has 2 rings (SSSR count). The van der Waals surface area contributed by atoms with Crippen molar-refractivity contribution in [2.45, 2.75) is 20.0 Å². The van der Waals surface area contributed by atoms with E-state index in [0.717, 1.165) is 12.1 Å². The summed E-state index contributed by atoms with van der Waals surface area (Å²) in [6.07, 6.45) is 3.64. The lowest BCUT2D eigenvalue weighted by Crippen LogP contribution is -2.13. The van der Waals surface area contributed by atoms with Gasteiger partial charge in [0, 0.05) is 25.5 Å². The van der Waals surface area contributed by atoms with Gasteiger partial charge in [0.15, 0.2) is 0 Å². The summed E-state index contributed by atoms with van der Waals surface area (Å²) in [6, 6.07) is 8.88. The van der Waals surface area contributed by atoms with Crippen molar-refractivity contribution in [2.24, 2.45) is 0 Å². The molecule has 0 aliphatic carbocycles. The Hall–Kier alpha value is -2.20. The number of hydrogen-bond acceptors (Lipinski definition) is 3. The number of hydrogen-bond donors (Lipinski definition) is 2. The molecular weight excluding hydrogens is 240 g/mol. The molecule has 1 aromatic heterocycles. The monoisotopic (exact) mass is 256 g/mol. The number of aromatic nitrogens is 1. The average molecular weight is 256 g/mol. The zero-order chi connectivity index (χ0) is 13.7. The van der Waals surface area contributed by atoms with Crippen LogP contribution in [0.3, 0.4) is 0 Å². The van der Waals surface area contributed by atoms with Gasteiger partial charge >= 0.3 is 5.97 Å². The fourth-order valence-corrected chi connectivity index (χ4v) is 1.79. The molecule has 2 N–H and O–H groups in total. The summed E-state index contributed by atoms with van der Waals surface area (Å²) in [5, 5.41) is 12.1. The van der Waals surface area contributed by atoms with E-state index in [1.54, 1.807) is 18.3 Å². The van der Waals surface area contributed by atoms with E-state index in [4.69, 9.17) is 5.11 Å². The van der Waals surface area contributed by atoms with Crippen LogP contribution in [-0.4, -0.2) is 16.1 Å². The van der Waals surface area contributed by atoms with Gasteiger partial charge in [0.25, 0.3) is 0 Å². The van der Waals surface area contributed by atoms with Crippen molar-refractivity contribution in [3.8, 4) is 0 Å². The summed E-state index contributed by atoms with van der Waals surface area (Å²) in [5.41, 5.74) is 3.76. The van der Waals surface area contributed by atoms with Crippen LogP contribution >= 0.6 is 0 Å². The Morgan fingerprint density at radius 1 is 1.21 bits per heavy atom. The van der Waals surface area contributed by atoms with E-state index in [2.05, 4.69) is 17.2 Å². The number of benzene rings is 1. The van der Waals surface area contributed by atoms with Crippen molar-refractivity contribution >= 4 is 5.97 Å². The standard InChI is InChI=1S/C15H16N2O2/c1-11-6-7-16-9-14(11)10-17-8-12-2-4-13(5-3-12)15(18)19/h2-7,9,17H,8,10H2,1H3,(H,18,19). The Morgan fingerprint density at radius 3 is 2.58 bits per heavy atom. The second-order valence-corrected chi connectivity index (χ2v) is 4.41. The van der Waals surface area contributed by atoms with E-state index in [-0.39, 0.29) is 0 Å². The molecule has 4 heteroatoms. The minimum absolute atomic E-state index is 0.312. The number of nitrogens with zero attached hydrogens (tertiary/aromatic N) is 1. The smallest absolute Gasteiger partial charge is 0.335 e. The molecule has 19 heavy (non-hydrogen) atoms. The first-order chi connectivity index (χ1) is 9.16. The van der Waals surface area contributed by atoms with Gasteiger partial charge in [-0.2, -0.15) is 0 Å². The molecule has 4 nitrogen and oxygen atoms in total. The Morgan fingerprint density at radius 2 is 1.95 bits per heavy atom. The highest BCUT2D eigenvalue weighted by Crippen LogP contribution is 2.07. The Balaban J connectivity index is 1.89. The fourth-order valence-electron chi connectivity index (χ4n) is 1.79. The van der Waals surface area contributed by atoms with E-state index in [0.29, 0.717) is 12.1 Å². The normalized spacial score (nSPS) is 10.4. The number of nitrogens with one attached hydrogen (secondary N) is 1. The predicted octanol–water partition coefficient (Wildman–Crippen LogP) is 2.38. The fraction of sp³-hybridized carbons (Fsp3) is 0.200. The highest BCUT2D eigenvalue weighted by Gasteiger charge is 2.02. The Labute approximate surface area is 112 Å². The van der Waals surface area contributed by atoms with E-state index in [1.807, 2.05) is 24.4 Å². The average Bonchev–Trinajstić information content (AvgIpc) is 2.41. The van der Waals surface area contributed by atoms with Crippen molar-refractivity contribution < 1.29 is 9.90 Å². The first-order valence-electron chi connectivity index (χ1n) is 6.09. The molecule has 0 atom stereocenters. The molecule has 0 radical (unpaired) electrons. The largest absolute Gasteiger partial charge is 0.478 e. The Bertz CT molecular complexity index is 565. The van der Waals surface area contributed by atoms with Gasteiger partial charge in [-0.15, -0.1) is 0 Å². The van der Waals surface area contributed by atoms with Gasteiger partial charge in [-0.3, -0.25) is 4.98 Å². The van der Waals surface area contributed by atoms with Crippen LogP contribution < -0.4 is 5.32 Å². The van der Waals surface area contributed by atoms with Crippen LogP contribution in [0, 0.1) is 6.92 Å². The van der Waals surface area contributed by atoms with Crippen LogP contribution in [0.4, 0.5) is 0 Å². The molecule has 0 spiro atoms. The maximum Gasteiger partial charge on any atom is 0.335 e. The van der Waals surface area contributed by atoms with Gasteiger partial charge in [0.2, 0.25) is 0 Å². The Kier molecular flexibility index (Phi) is 4.26. The van der Waals surface area contributed by atoms with Gasteiger partial charge in [-0.05, 0) is 41.8 Å². The van der Waals surface area contributed by atoms with E-state index < -0.39 is 5.97 Å². The van der Waals surface area contributed by atoms with Crippen molar-refractivity contribution in [3.63, 3.8) is 0 Å². The van der Waals surface area contributed by atoms with Gasteiger partial charge in [-0.25, -0.2) is 4.79 Å². The van der Waals surface area contributed by atoms with Crippen molar-refractivity contribution in [2.75, 3.05) is 0 Å². The third kappa shape index (κ3) is 3.63. The molecule has 2 aromatic rings. The lowest BCUT2D eigenvalue weighted by Gasteiger charge is -2.07. The van der Waals surface area contributed by atoms with Crippen LogP contribution in [0.25, 0.3) is 0 Å². The SMILES string of the molecule is Cc1ccncc1CNCc1ccc(C(=O)O)cc1. The second kappa shape index (κ2) is 6.11. The molecule has 1 aromatic carbocycles. The predicted molar refractivity (Wildman–Crippen MR) is 72.9 cm³/mol. The molecule has 98 valence electrons. The lowest BCUT2D eigenvalue weighted by molar-refractivity contribution is 0.0697. The minimum Gasteiger partial charge on any atom is -0.478 e. The van der Waals surface area contributed by atoms with Crippen molar-refractivity contribution in [1.29, 1.82) is 0 Å². The summed E-state index contributed by atoms with van der Waals surface area (Å²) in [5.74, 6) is -0.898. The summed E-state index contributed by atoms with van der Waals surface area (Å²) < 4.78 is 0. The first-order valence-corrected chi connectivity index (χ1v) is 6.09. The summed E-state index contributed by atoms with van der Waals surface area (Å²) >= 11 is 0. The molecule has 1 heterocycles. The van der Waals surface area contributed by atoms with Gasteiger partial charge in [0.1, 0.15) is 0 Å². The van der Waals surface area contributed by atoms with Crippen LogP contribution in [0.1, 0.15) is 27.0 Å². The van der Waals surface area contributed by atoms with Crippen molar-refractivity contribution in [3.05, 3.63) is 65.0 Å². The highest BCUT2D eigenvalue weighted by atomic mass is 16.4. The quantitative estimate of drug-likeness (QED) is 0.862. The minimum atomic E-state index is -0.898. The molecule has 0 aliphatic heterocycles. The molecule has 0 fully saturated rings. The van der Waals surface area contributed by atoms with Gasteiger partial charge in [0.05, 0.1) is 5.56 Å². The van der Waals surface area contributed by atoms with Crippen LogP contribution in [0.2, 0.25) is 0 Å². The molecular formula is C15H16N2O2. The molecule has 0 aliphatic rings. The second-order valence-electron chi connectivity index (χ2n) is 4.41. The van der Waals surface area contributed by atoms with Crippen molar-refractivity contribution in [1.82, 2.24) is 10.3 Å². The third-order valence-electron chi connectivity index (χ3n) is 2.99. The molecule has 0 bridgehead atoms. The zero-order valence-electron chi connectivity index (χ0n) is 10.8. The summed E-state index contributed by atoms with van der Waals surface area (Å²) in [7, 11) is 0. The third-order valence-corrected chi connectivity index (χ3v) is 2.99. The summed E-state index contributed by atoms with van der Waals surface area (Å²) in [4.78, 5) is 14.8. The number of pyridine rings is 1. The number of carboxylic acid groups (broad SMARTS) is 1. The number of carbonyl (C=O) groups is 1. The van der Waals surface area contributed by atoms with Crippen LogP contribution in [0.15, 0.2) is 42.7 Å². The molecule has 0 saturated carbocycles. The van der Waals surface area contributed by atoms with E-state index in [1.165, 1.54) is 11.1 Å². The number of aromatic carboxylic acids is 1. The van der Waals surface area contributed by atoms with Gasteiger partial charge < -0.3 is 10.4 Å². The maximum atomic E-state index is 10.7. The van der Waals surface area contributed by atoms with Gasteiger partial charge in [-0.1, -0.05) is 12.1 Å². The topological polar surface area (TPSA) is 62.2 Å². The lowest BCUT2D eigenvalue weighted by atomic mass is 10.1. The van der Waals surface area contributed by atoms with Crippen LogP contribution in [0.5, 0.6) is 0 Å².